The Morgan fingerprint density at radius 3 is 2.76 bits per heavy atom. The molecule has 0 amide bonds. The van der Waals surface area contributed by atoms with Crippen molar-refractivity contribution in [1.82, 2.24) is 10.1 Å². The molecule has 4 nitrogen and oxygen atoms in total. The molecule has 0 aliphatic rings. The van der Waals surface area contributed by atoms with Gasteiger partial charge in [-0.15, -0.1) is 11.8 Å². The van der Waals surface area contributed by atoms with E-state index in [1.54, 1.807) is 12.1 Å². The van der Waals surface area contributed by atoms with Gasteiger partial charge in [0.15, 0.2) is 5.82 Å². The summed E-state index contributed by atoms with van der Waals surface area (Å²) in [5.41, 5.74) is 5.38. The quantitative estimate of drug-likeness (QED) is 0.826. The molecule has 0 bridgehead atoms. The fourth-order valence-corrected chi connectivity index (χ4v) is 1.99. The molecular weight excluding hydrogens is 241 g/mol. The van der Waals surface area contributed by atoms with Crippen molar-refractivity contribution >= 4 is 11.8 Å². The molecule has 1 aromatic heterocycles. The molecule has 6 heteroatoms. The molecule has 0 saturated heterocycles. The largest absolute Gasteiger partial charge is 0.339 e. The normalized spacial score (nSPS) is 10.7. The van der Waals surface area contributed by atoms with Gasteiger partial charge in [0.05, 0.1) is 5.75 Å². The molecule has 0 spiro atoms. The van der Waals surface area contributed by atoms with Crippen molar-refractivity contribution in [3.8, 4) is 0 Å². The highest BCUT2D eigenvalue weighted by Gasteiger charge is 2.05. The molecule has 2 rings (SSSR count). The second-order valence-corrected chi connectivity index (χ2v) is 4.43. The van der Waals surface area contributed by atoms with E-state index in [-0.39, 0.29) is 5.82 Å². The van der Waals surface area contributed by atoms with E-state index in [2.05, 4.69) is 10.1 Å². The van der Waals surface area contributed by atoms with E-state index in [0.717, 1.165) is 4.90 Å². The lowest BCUT2D eigenvalue weighted by atomic mass is 10.4. The summed E-state index contributed by atoms with van der Waals surface area (Å²) < 4.78 is 17.7. The molecule has 0 saturated carbocycles. The van der Waals surface area contributed by atoms with Gasteiger partial charge in [0, 0.05) is 17.9 Å². The maximum absolute atomic E-state index is 12.7. The van der Waals surface area contributed by atoms with Gasteiger partial charge in [0.1, 0.15) is 5.82 Å². The second-order valence-electron chi connectivity index (χ2n) is 3.39. The van der Waals surface area contributed by atoms with Crippen LogP contribution in [0.1, 0.15) is 11.7 Å². The molecular formula is C11H12FN3OS. The molecule has 2 aromatic rings. The number of aromatic nitrogens is 2. The summed E-state index contributed by atoms with van der Waals surface area (Å²) in [6.07, 6.45) is 0.591. The lowest BCUT2D eigenvalue weighted by Gasteiger charge is -1.97. The van der Waals surface area contributed by atoms with Gasteiger partial charge >= 0.3 is 0 Å². The summed E-state index contributed by atoms with van der Waals surface area (Å²) in [6.45, 7) is 0.493. The van der Waals surface area contributed by atoms with Crippen molar-refractivity contribution < 1.29 is 8.91 Å². The number of nitrogens with zero attached hydrogens (tertiary/aromatic N) is 2. The predicted molar refractivity (Wildman–Crippen MR) is 63.0 cm³/mol. The van der Waals surface area contributed by atoms with E-state index in [9.17, 15) is 4.39 Å². The third kappa shape index (κ3) is 3.54. The molecule has 0 aliphatic carbocycles. The van der Waals surface area contributed by atoms with Gasteiger partial charge in [0.25, 0.3) is 0 Å². The molecule has 17 heavy (non-hydrogen) atoms. The van der Waals surface area contributed by atoms with Crippen LogP contribution in [0.2, 0.25) is 0 Å². The zero-order chi connectivity index (χ0) is 12.1. The third-order valence-electron chi connectivity index (χ3n) is 2.05. The molecule has 0 aliphatic heterocycles. The highest BCUT2D eigenvalue weighted by atomic mass is 32.2. The van der Waals surface area contributed by atoms with Crippen molar-refractivity contribution in [2.24, 2.45) is 5.73 Å². The van der Waals surface area contributed by atoms with Gasteiger partial charge < -0.3 is 10.3 Å². The first-order valence-electron chi connectivity index (χ1n) is 5.18. The van der Waals surface area contributed by atoms with Crippen LogP contribution in [0.25, 0.3) is 0 Å². The maximum atomic E-state index is 12.7. The van der Waals surface area contributed by atoms with E-state index in [4.69, 9.17) is 10.3 Å². The van der Waals surface area contributed by atoms with Crippen LogP contribution in [-0.4, -0.2) is 16.7 Å². The Bertz CT molecular complexity index is 472. The fourth-order valence-electron chi connectivity index (χ4n) is 1.25. The van der Waals surface area contributed by atoms with Crippen LogP contribution in [0.4, 0.5) is 4.39 Å². The van der Waals surface area contributed by atoms with Gasteiger partial charge in [-0.2, -0.15) is 4.98 Å². The molecule has 1 heterocycles. The zero-order valence-corrected chi connectivity index (χ0v) is 9.91. The van der Waals surface area contributed by atoms with E-state index < -0.39 is 0 Å². The minimum Gasteiger partial charge on any atom is -0.339 e. The van der Waals surface area contributed by atoms with Crippen LogP contribution in [0.3, 0.4) is 0 Å². The Hall–Kier alpha value is -1.40. The smallest absolute Gasteiger partial charge is 0.227 e. The number of rotatable bonds is 5. The number of hydrogen-bond acceptors (Lipinski definition) is 5. The van der Waals surface area contributed by atoms with Crippen LogP contribution in [0.15, 0.2) is 33.7 Å². The van der Waals surface area contributed by atoms with Crippen molar-refractivity contribution in [2.75, 3.05) is 6.54 Å². The van der Waals surface area contributed by atoms with Crippen LogP contribution >= 0.6 is 11.8 Å². The summed E-state index contributed by atoms with van der Waals surface area (Å²) in [4.78, 5) is 5.15. The average molecular weight is 253 g/mol. The highest BCUT2D eigenvalue weighted by Crippen LogP contribution is 2.21. The number of thioether (sulfide) groups is 1. The maximum Gasteiger partial charge on any atom is 0.227 e. The summed E-state index contributed by atoms with van der Waals surface area (Å²) in [5, 5.41) is 3.83. The van der Waals surface area contributed by atoms with Crippen molar-refractivity contribution in [1.29, 1.82) is 0 Å². The first-order chi connectivity index (χ1) is 8.28. The lowest BCUT2D eigenvalue weighted by Crippen LogP contribution is -2.02. The monoisotopic (exact) mass is 253 g/mol. The molecule has 0 fully saturated rings. The van der Waals surface area contributed by atoms with Crippen LogP contribution in [-0.2, 0) is 12.2 Å². The lowest BCUT2D eigenvalue weighted by molar-refractivity contribution is 0.376. The van der Waals surface area contributed by atoms with E-state index in [1.165, 1.54) is 23.9 Å². The van der Waals surface area contributed by atoms with Crippen molar-refractivity contribution in [3.63, 3.8) is 0 Å². The standard InChI is InChI=1S/C11H12FN3OS/c12-8-1-3-9(4-2-8)17-7-10-14-11(5-6-13)16-15-10/h1-4H,5-7,13H2. The Labute approximate surface area is 102 Å². The third-order valence-corrected chi connectivity index (χ3v) is 3.06. The Kier molecular flexibility index (Phi) is 4.11. The van der Waals surface area contributed by atoms with Crippen LogP contribution in [0.5, 0.6) is 0 Å². The average Bonchev–Trinajstić information content (AvgIpc) is 2.77. The number of benzene rings is 1. The highest BCUT2D eigenvalue weighted by molar-refractivity contribution is 7.98. The molecule has 90 valence electrons. The number of halogens is 1. The van der Waals surface area contributed by atoms with Gasteiger partial charge in [-0.05, 0) is 24.3 Å². The fraction of sp³-hybridized carbons (Fsp3) is 0.273. The minimum atomic E-state index is -0.237. The predicted octanol–water partition coefficient (Wildman–Crippen LogP) is 2.00. The van der Waals surface area contributed by atoms with E-state index >= 15 is 0 Å². The summed E-state index contributed by atoms with van der Waals surface area (Å²) in [6, 6.07) is 6.30. The molecule has 0 unspecified atom stereocenters. The van der Waals surface area contributed by atoms with Gasteiger partial charge in [-0.3, -0.25) is 0 Å². The molecule has 0 atom stereocenters. The van der Waals surface area contributed by atoms with Crippen molar-refractivity contribution in [2.45, 2.75) is 17.1 Å². The topological polar surface area (TPSA) is 64.9 Å². The molecule has 1 aromatic carbocycles. The van der Waals surface area contributed by atoms with E-state index in [0.29, 0.717) is 30.4 Å². The van der Waals surface area contributed by atoms with Crippen molar-refractivity contribution in [3.05, 3.63) is 41.8 Å². The second kappa shape index (κ2) is 5.79. The summed E-state index contributed by atoms with van der Waals surface area (Å²) in [5.74, 6) is 1.55. The SMILES string of the molecule is NCCc1nc(CSc2ccc(F)cc2)no1. The van der Waals surface area contributed by atoms with Gasteiger partial charge in [-0.1, -0.05) is 5.16 Å². The van der Waals surface area contributed by atoms with Gasteiger partial charge in [0.2, 0.25) is 5.89 Å². The summed E-state index contributed by atoms with van der Waals surface area (Å²) >= 11 is 1.53. The molecule has 0 radical (unpaired) electrons. The minimum absolute atomic E-state index is 0.237. The van der Waals surface area contributed by atoms with Crippen LogP contribution in [0, 0.1) is 5.82 Å². The summed E-state index contributed by atoms with van der Waals surface area (Å²) in [7, 11) is 0. The van der Waals surface area contributed by atoms with Gasteiger partial charge in [-0.25, -0.2) is 4.39 Å². The number of hydrogen-bond donors (Lipinski definition) is 1. The Balaban J connectivity index is 1.90. The zero-order valence-electron chi connectivity index (χ0n) is 9.10. The first kappa shape index (κ1) is 12.1. The van der Waals surface area contributed by atoms with Crippen LogP contribution < -0.4 is 5.73 Å². The van der Waals surface area contributed by atoms with E-state index in [1.807, 2.05) is 0 Å². The Morgan fingerprint density at radius 2 is 2.06 bits per heavy atom. The first-order valence-corrected chi connectivity index (χ1v) is 6.16. The Morgan fingerprint density at radius 1 is 1.29 bits per heavy atom. The number of nitrogens with two attached hydrogens (primary N) is 1. The molecule has 2 N–H and O–H groups in total.